The molecule has 4 rings (SSSR count). The minimum absolute atomic E-state index is 0. The number of carboxylic acids is 2. The summed E-state index contributed by atoms with van der Waals surface area (Å²) in [6.07, 6.45) is 15.3. The van der Waals surface area contributed by atoms with Gasteiger partial charge in [0.25, 0.3) is 0 Å². The van der Waals surface area contributed by atoms with E-state index >= 15 is 0 Å². The number of thiol groups is 1. The van der Waals surface area contributed by atoms with Gasteiger partial charge >= 0.3 is 11.9 Å². The van der Waals surface area contributed by atoms with Crippen LogP contribution in [-0.4, -0.2) is 22.2 Å². The summed E-state index contributed by atoms with van der Waals surface area (Å²) < 4.78 is 0. The fraction of sp³-hybridized carbons (Fsp3) is 0.933. The van der Waals surface area contributed by atoms with Crippen molar-refractivity contribution in [2.45, 2.75) is 133 Å². The Morgan fingerprint density at radius 1 is 0.611 bits per heavy atom. The van der Waals surface area contributed by atoms with E-state index in [1.54, 1.807) is 0 Å². The van der Waals surface area contributed by atoms with E-state index in [0.29, 0.717) is 35.5 Å². The van der Waals surface area contributed by atoms with E-state index in [4.69, 9.17) is 10.2 Å². The molecular formula is C30H61O4SW-. The molecule has 6 atom stereocenters. The first-order valence-corrected chi connectivity index (χ1v) is 13.5. The third-order valence-corrected chi connectivity index (χ3v) is 7.39. The summed E-state index contributed by atoms with van der Waals surface area (Å²) >= 11 is 0. The molecule has 4 aliphatic carbocycles. The van der Waals surface area contributed by atoms with Crippen molar-refractivity contribution in [3.8, 4) is 0 Å². The number of carboxylic acid groups (broad SMARTS) is 2. The monoisotopic (exact) mass is 701 g/mol. The van der Waals surface area contributed by atoms with Gasteiger partial charge < -0.3 is 23.7 Å². The number of rotatable bonds is 4. The van der Waals surface area contributed by atoms with Gasteiger partial charge in [0, 0.05) is 21.1 Å². The molecule has 0 radical (unpaired) electrons. The van der Waals surface area contributed by atoms with Crippen molar-refractivity contribution in [2.75, 3.05) is 0 Å². The van der Waals surface area contributed by atoms with Crippen LogP contribution >= 0.6 is 0 Å². The van der Waals surface area contributed by atoms with Gasteiger partial charge in [-0.05, 0) is 61.2 Å². The summed E-state index contributed by atoms with van der Waals surface area (Å²) in [4.78, 5) is 22.0. The van der Waals surface area contributed by atoms with Crippen LogP contribution in [0.25, 0.3) is 0 Å². The van der Waals surface area contributed by atoms with Gasteiger partial charge in [-0.3, -0.25) is 9.59 Å². The Bertz CT molecular complexity index is 498. The zero-order valence-electron chi connectivity index (χ0n) is 22.7. The van der Waals surface area contributed by atoms with E-state index < -0.39 is 11.9 Å². The molecule has 0 unspecified atom stereocenters. The summed E-state index contributed by atoms with van der Waals surface area (Å²) in [5.74, 6) is 1.62. The van der Waals surface area contributed by atoms with E-state index in [1.807, 2.05) is 0 Å². The molecule has 4 fully saturated rings. The minimum atomic E-state index is -0.592. The Labute approximate surface area is 246 Å². The first-order valence-electron chi connectivity index (χ1n) is 13.5. The predicted molar refractivity (Wildman–Crippen MR) is 155 cm³/mol. The average Bonchev–Trinajstić information content (AvgIpc) is 3.60. The molecular weight excluding hydrogens is 640 g/mol. The summed E-state index contributed by atoms with van der Waals surface area (Å²) in [5.41, 5.74) is 0. The van der Waals surface area contributed by atoms with Gasteiger partial charge in [0.1, 0.15) is 0 Å². The molecule has 0 amide bonds. The first-order chi connectivity index (χ1) is 15.0. The van der Waals surface area contributed by atoms with Gasteiger partial charge in [-0.2, -0.15) is 0 Å². The van der Waals surface area contributed by atoms with Crippen molar-refractivity contribution < 1.29 is 40.9 Å². The first kappa shape index (κ1) is 43.0. The molecule has 4 aliphatic rings. The molecule has 4 nitrogen and oxygen atoms in total. The molecule has 36 heavy (non-hydrogen) atoms. The maximum Gasteiger partial charge on any atom is 0.306 e. The Kier molecular flexibility index (Phi) is 27.4. The van der Waals surface area contributed by atoms with Crippen LogP contribution in [0.1, 0.15) is 133 Å². The number of hydrogen-bond acceptors (Lipinski definition) is 3. The maximum absolute atomic E-state index is 11.0. The zero-order chi connectivity index (χ0) is 24.3. The third-order valence-electron chi connectivity index (χ3n) is 7.39. The standard InChI is InChI=1S/2C11H20O2.2C3H6.2CH4.H2S.W/c2*1-7(2)9-5-4-8(3)6-10(9)11(12)13;2*1-2-3-1;;;;/h2*7-10H,4-6H2,1-3H3,(H,12,13);2*1-3H2;2*1H4;1H2;/p-1/t8-,9+,10+;8-,9+,10-;;;;;;/m11....../s1. The Hall–Kier alpha value is -0.0217. The quantitative estimate of drug-likeness (QED) is 0.226. The van der Waals surface area contributed by atoms with Crippen LogP contribution in [-0.2, 0) is 44.2 Å². The largest absolute Gasteiger partial charge is 0.813 e. The second kappa shape index (κ2) is 22.9. The molecule has 0 saturated heterocycles. The SMILES string of the molecule is C.C.C1CC1.C1CC1.CC(C)[C@@H]1CC[C@@H](C)C[C@@H]1C(=O)O.CC(C)[C@@H]1CC[C@@H](C)C[C@H]1C(=O)O.[SH-].[W]. The Balaban J connectivity index is -0.000000210. The zero-order valence-corrected chi connectivity index (χ0v) is 26.5. The number of aliphatic carboxylic acids is 2. The van der Waals surface area contributed by atoms with Gasteiger partial charge in [-0.25, -0.2) is 0 Å². The molecule has 6 heteroatoms. The molecule has 0 heterocycles. The van der Waals surface area contributed by atoms with Crippen LogP contribution in [0.15, 0.2) is 0 Å². The molecule has 0 aromatic rings. The van der Waals surface area contributed by atoms with Crippen molar-refractivity contribution in [1.29, 1.82) is 0 Å². The number of hydrogen-bond donors (Lipinski definition) is 2. The van der Waals surface area contributed by atoms with Gasteiger partial charge in [0.15, 0.2) is 0 Å². The van der Waals surface area contributed by atoms with Crippen LogP contribution in [0.2, 0.25) is 0 Å². The summed E-state index contributed by atoms with van der Waals surface area (Å²) in [6, 6.07) is 0. The molecule has 0 aromatic heterocycles. The molecule has 0 bridgehead atoms. The van der Waals surface area contributed by atoms with E-state index in [2.05, 4.69) is 41.5 Å². The van der Waals surface area contributed by atoms with Crippen molar-refractivity contribution in [3.05, 3.63) is 0 Å². The average molecular weight is 702 g/mol. The van der Waals surface area contributed by atoms with Gasteiger partial charge in [-0.15, -0.1) is 0 Å². The van der Waals surface area contributed by atoms with Crippen LogP contribution in [0.3, 0.4) is 0 Å². The van der Waals surface area contributed by atoms with Crippen molar-refractivity contribution in [3.63, 3.8) is 0 Å². The van der Waals surface area contributed by atoms with Gasteiger partial charge in [0.2, 0.25) is 0 Å². The second-order valence-corrected chi connectivity index (χ2v) is 11.7. The normalized spacial score (nSPS) is 29.2. The molecule has 2 N–H and O–H groups in total. The van der Waals surface area contributed by atoms with Crippen LogP contribution < -0.4 is 0 Å². The van der Waals surface area contributed by atoms with Crippen LogP contribution in [0.4, 0.5) is 0 Å². The molecule has 218 valence electrons. The van der Waals surface area contributed by atoms with Crippen molar-refractivity contribution in [2.24, 2.45) is 47.3 Å². The molecule has 0 aromatic carbocycles. The molecule has 0 spiro atoms. The summed E-state index contributed by atoms with van der Waals surface area (Å²) in [6.45, 7) is 12.9. The van der Waals surface area contributed by atoms with E-state index in [1.165, 1.54) is 51.4 Å². The Morgan fingerprint density at radius 2 is 0.861 bits per heavy atom. The summed E-state index contributed by atoms with van der Waals surface area (Å²) in [5, 5.41) is 18.2. The minimum Gasteiger partial charge on any atom is -0.813 e. The fourth-order valence-corrected chi connectivity index (χ4v) is 4.97. The fourth-order valence-electron chi connectivity index (χ4n) is 4.97. The number of carbonyl (C=O) groups is 2. The van der Waals surface area contributed by atoms with E-state index in [0.717, 1.165) is 25.7 Å². The van der Waals surface area contributed by atoms with Crippen LogP contribution in [0, 0.1) is 47.3 Å². The van der Waals surface area contributed by atoms with Gasteiger partial charge in [-0.1, -0.05) is 108 Å². The summed E-state index contributed by atoms with van der Waals surface area (Å²) in [7, 11) is 0. The predicted octanol–water partition coefficient (Wildman–Crippen LogP) is 8.90. The molecule has 4 saturated carbocycles. The molecule has 0 aliphatic heterocycles. The van der Waals surface area contributed by atoms with Crippen molar-refractivity contribution >= 4 is 25.4 Å². The maximum atomic E-state index is 11.0. The van der Waals surface area contributed by atoms with Crippen molar-refractivity contribution in [1.82, 2.24) is 0 Å². The topological polar surface area (TPSA) is 74.6 Å². The van der Waals surface area contributed by atoms with E-state index in [9.17, 15) is 9.59 Å². The van der Waals surface area contributed by atoms with E-state index in [-0.39, 0.29) is 61.3 Å². The second-order valence-electron chi connectivity index (χ2n) is 11.7. The Morgan fingerprint density at radius 3 is 1.03 bits per heavy atom. The van der Waals surface area contributed by atoms with Gasteiger partial charge in [0.05, 0.1) is 11.8 Å². The van der Waals surface area contributed by atoms with Crippen LogP contribution in [0.5, 0.6) is 0 Å². The smallest absolute Gasteiger partial charge is 0.306 e. The third kappa shape index (κ3) is 19.1.